The maximum Gasteiger partial charge on any atom is 0.241 e. The first-order chi connectivity index (χ1) is 15.6. The molecular weight excluding hydrogens is 434 g/mol. The van der Waals surface area contributed by atoms with Gasteiger partial charge in [0.15, 0.2) is 0 Å². The highest BCUT2D eigenvalue weighted by molar-refractivity contribution is 5.86. The molecule has 2 saturated heterocycles. The van der Waals surface area contributed by atoms with E-state index in [-0.39, 0.29) is 36.2 Å². The fraction of sp³-hybridized carbons (Fsp3) is 0.481. The summed E-state index contributed by atoms with van der Waals surface area (Å²) in [7, 11) is 0. The molecule has 2 amide bonds. The zero-order valence-corrected chi connectivity index (χ0v) is 20.5. The maximum atomic E-state index is 13.6. The van der Waals surface area contributed by atoms with Gasteiger partial charge in [0.2, 0.25) is 11.8 Å². The van der Waals surface area contributed by atoms with Gasteiger partial charge in [0, 0.05) is 38.4 Å². The lowest BCUT2D eigenvalue weighted by atomic mass is 9.93. The number of hydrogen-bond acceptors (Lipinski definition) is 3. The van der Waals surface area contributed by atoms with Gasteiger partial charge in [-0.25, -0.2) is 0 Å². The first-order valence-electron chi connectivity index (χ1n) is 12.0. The molecule has 0 aromatic heterocycles. The second-order valence-corrected chi connectivity index (χ2v) is 9.17. The van der Waals surface area contributed by atoms with Crippen molar-refractivity contribution in [2.75, 3.05) is 13.1 Å². The average Bonchev–Trinajstić information content (AvgIpc) is 3.07. The van der Waals surface area contributed by atoms with Crippen LogP contribution in [0.2, 0.25) is 0 Å². The molecule has 2 aliphatic heterocycles. The number of carbonyl (C=O) groups excluding carboxylic acids is 2. The Balaban J connectivity index is 0.00000306. The minimum atomic E-state index is -0.392. The monoisotopic (exact) mass is 469 g/mol. The van der Waals surface area contributed by atoms with Gasteiger partial charge in [0.05, 0.1) is 11.7 Å². The molecule has 0 aliphatic carbocycles. The fourth-order valence-electron chi connectivity index (χ4n) is 5.25. The van der Waals surface area contributed by atoms with E-state index in [0.717, 1.165) is 36.8 Å². The van der Waals surface area contributed by atoms with Gasteiger partial charge in [-0.1, -0.05) is 74.5 Å². The number of halogens is 1. The molecule has 6 heteroatoms. The van der Waals surface area contributed by atoms with Crippen molar-refractivity contribution in [3.05, 3.63) is 71.8 Å². The van der Waals surface area contributed by atoms with E-state index in [1.54, 1.807) is 0 Å². The molecule has 2 heterocycles. The molecule has 178 valence electrons. The summed E-state index contributed by atoms with van der Waals surface area (Å²) in [6.45, 7) is 6.16. The highest BCUT2D eigenvalue weighted by Crippen LogP contribution is 2.35. The van der Waals surface area contributed by atoms with E-state index in [1.807, 2.05) is 41.3 Å². The van der Waals surface area contributed by atoms with Gasteiger partial charge in [0.1, 0.15) is 0 Å². The quantitative estimate of drug-likeness (QED) is 0.653. The molecule has 0 saturated carbocycles. The van der Waals surface area contributed by atoms with Crippen molar-refractivity contribution in [3.8, 4) is 0 Å². The van der Waals surface area contributed by atoms with Gasteiger partial charge < -0.3 is 9.80 Å². The third kappa shape index (κ3) is 5.42. The zero-order chi connectivity index (χ0) is 22.6. The Kier molecular flexibility index (Phi) is 8.55. The van der Waals surface area contributed by atoms with Crippen LogP contribution < -0.4 is 5.32 Å². The van der Waals surface area contributed by atoms with Gasteiger partial charge in [-0.2, -0.15) is 0 Å². The van der Waals surface area contributed by atoms with Crippen LogP contribution >= 0.6 is 12.4 Å². The van der Waals surface area contributed by atoms with Gasteiger partial charge in [-0.3, -0.25) is 14.9 Å². The Bertz CT molecular complexity index is 909. The van der Waals surface area contributed by atoms with Crippen LogP contribution in [0.5, 0.6) is 0 Å². The summed E-state index contributed by atoms with van der Waals surface area (Å²) in [6.07, 6.45) is 3.98. The Morgan fingerprint density at radius 3 is 2.06 bits per heavy atom. The van der Waals surface area contributed by atoms with Gasteiger partial charge >= 0.3 is 0 Å². The van der Waals surface area contributed by atoms with Crippen molar-refractivity contribution in [1.82, 2.24) is 15.1 Å². The number of rotatable bonds is 7. The molecule has 0 unspecified atom stereocenters. The summed E-state index contributed by atoms with van der Waals surface area (Å²) in [5.74, 6) is 0.538. The summed E-state index contributed by atoms with van der Waals surface area (Å²) in [6, 6.07) is 20.2. The van der Waals surface area contributed by atoms with E-state index in [0.29, 0.717) is 26.1 Å². The van der Waals surface area contributed by atoms with Gasteiger partial charge in [-0.05, 0) is 30.4 Å². The minimum Gasteiger partial charge on any atom is -0.342 e. The van der Waals surface area contributed by atoms with Crippen LogP contribution in [0.25, 0.3) is 0 Å². The standard InChI is InChI=1S/C27H35N3O2.ClH/c1-3-23(4-2)25(31)29-17-15-27(16-18-29)28-24(19-21-11-7-5-8-12-21)26(32)30(27)20-22-13-9-6-10-14-22;/h5-14,23-24,28H,3-4,15-20H2,1-2H3;1H/t24-;/m0./s1. The summed E-state index contributed by atoms with van der Waals surface area (Å²) < 4.78 is 0. The predicted molar refractivity (Wildman–Crippen MR) is 134 cm³/mol. The fourth-order valence-corrected chi connectivity index (χ4v) is 5.25. The first kappa shape index (κ1) is 25.3. The zero-order valence-electron chi connectivity index (χ0n) is 19.7. The van der Waals surface area contributed by atoms with Gasteiger partial charge in [0.25, 0.3) is 0 Å². The molecule has 1 spiro atoms. The molecule has 2 aromatic rings. The summed E-state index contributed by atoms with van der Waals surface area (Å²) in [5.41, 5.74) is 1.91. The lowest BCUT2D eigenvalue weighted by Crippen LogP contribution is -2.59. The number of piperidine rings is 1. The highest BCUT2D eigenvalue weighted by Gasteiger charge is 2.51. The molecular formula is C27H36ClN3O2. The molecule has 4 rings (SSSR count). The highest BCUT2D eigenvalue weighted by atomic mass is 35.5. The Labute approximate surface area is 203 Å². The van der Waals surface area contributed by atoms with Crippen molar-refractivity contribution < 1.29 is 9.59 Å². The Morgan fingerprint density at radius 1 is 0.970 bits per heavy atom. The van der Waals surface area contributed by atoms with Crippen LogP contribution in [-0.2, 0) is 22.6 Å². The molecule has 2 aromatic carbocycles. The number of nitrogens with one attached hydrogen (secondary N) is 1. The lowest BCUT2D eigenvalue weighted by molar-refractivity contribution is -0.140. The third-order valence-electron chi connectivity index (χ3n) is 7.23. The number of amides is 2. The van der Waals surface area contributed by atoms with Crippen LogP contribution in [-0.4, -0.2) is 46.4 Å². The van der Waals surface area contributed by atoms with E-state index in [9.17, 15) is 9.59 Å². The Morgan fingerprint density at radius 2 is 1.52 bits per heavy atom. The number of hydrogen-bond donors (Lipinski definition) is 1. The molecule has 5 nitrogen and oxygen atoms in total. The molecule has 2 fully saturated rings. The largest absolute Gasteiger partial charge is 0.342 e. The predicted octanol–water partition coefficient (Wildman–Crippen LogP) is 4.41. The first-order valence-corrected chi connectivity index (χ1v) is 12.0. The van der Waals surface area contributed by atoms with Crippen LogP contribution in [0.1, 0.15) is 50.7 Å². The van der Waals surface area contributed by atoms with Crippen molar-refractivity contribution in [3.63, 3.8) is 0 Å². The maximum absolute atomic E-state index is 13.6. The Hall–Kier alpha value is -2.37. The second kappa shape index (κ2) is 11.2. The van der Waals surface area contributed by atoms with Crippen molar-refractivity contribution in [2.45, 2.75) is 64.2 Å². The van der Waals surface area contributed by atoms with Crippen LogP contribution in [0.15, 0.2) is 60.7 Å². The number of likely N-dealkylation sites (tertiary alicyclic amines) is 1. The lowest BCUT2D eigenvalue weighted by Gasteiger charge is -2.45. The van der Waals surface area contributed by atoms with E-state index in [2.05, 4.69) is 48.3 Å². The van der Waals surface area contributed by atoms with Crippen molar-refractivity contribution in [1.29, 1.82) is 0 Å². The summed E-state index contributed by atoms with van der Waals surface area (Å²) in [5, 5.41) is 3.73. The van der Waals surface area contributed by atoms with Crippen LogP contribution in [0, 0.1) is 5.92 Å². The van der Waals surface area contributed by atoms with E-state index < -0.39 is 5.66 Å². The van der Waals surface area contributed by atoms with Crippen LogP contribution in [0.4, 0.5) is 0 Å². The molecule has 33 heavy (non-hydrogen) atoms. The van der Waals surface area contributed by atoms with Crippen LogP contribution in [0.3, 0.4) is 0 Å². The molecule has 2 aliphatic rings. The van der Waals surface area contributed by atoms with Gasteiger partial charge in [-0.15, -0.1) is 12.4 Å². The SMILES string of the molecule is CCC(CC)C(=O)N1CCC2(CC1)N[C@@H](Cc1ccccc1)C(=O)N2Cc1ccccc1.Cl. The summed E-state index contributed by atoms with van der Waals surface area (Å²) in [4.78, 5) is 30.6. The number of benzene rings is 2. The van der Waals surface area contributed by atoms with E-state index in [1.165, 1.54) is 0 Å². The summed E-state index contributed by atoms with van der Waals surface area (Å²) >= 11 is 0. The average molecular weight is 470 g/mol. The molecule has 0 bridgehead atoms. The van der Waals surface area contributed by atoms with Crippen molar-refractivity contribution >= 4 is 24.2 Å². The molecule has 0 radical (unpaired) electrons. The molecule has 1 N–H and O–H groups in total. The normalized spacial score (nSPS) is 19.7. The minimum absolute atomic E-state index is 0. The smallest absolute Gasteiger partial charge is 0.241 e. The van der Waals surface area contributed by atoms with E-state index >= 15 is 0 Å². The topological polar surface area (TPSA) is 52.7 Å². The van der Waals surface area contributed by atoms with E-state index in [4.69, 9.17) is 0 Å². The second-order valence-electron chi connectivity index (χ2n) is 9.17. The third-order valence-corrected chi connectivity index (χ3v) is 7.23. The number of carbonyl (C=O) groups is 2. The van der Waals surface area contributed by atoms with Crippen molar-refractivity contribution in [2.24, 2.45) is 5.92 Å². The number of nitrogens with zero attached hydrogens (tertiary/aromatic N) is 2. The molecule has 1 atom stereocenters.